The lowest BCUT2D eigenvalue weighted by Crippen LogP contribution is -2.50. The fourth-order valence-electron chi connectivity index (χ4n) is 3.82. The molecule has 0 saturated carbocycles. The van der Waals surface area contributed by atoms with E-state index in [0.29, 0.717) is 45.0 Å². The molecule has 2 fully saturated rings. The van der Waals surface area contributed by atoms with Crippen LogP contribution in [-0.4, -0.2) is 78.3 Å². The summed E-state index contributed by atoms with van der Waals surface area (Å²) in [6.07, 6.45) is 2.71. The fraction of sp³-hybridized carbons (Fsp3) is 0.500. The summed E-state index contributed by atoms with van der Waals surface area (Å²) in [5.74, 6) is 0.446. The van der Waals surface area contributed by atoms with Crippen molar-refractivity contribution in [3.8, 4) is 5.75 Å². The van der Waals surface area contributed by atoms with Crippen molar-refractivity contribution in [2.75, 3.05) is 32.8 Å². The summed E-state index contributed by atoms with van der Waals surface area (Å²) >= 11 is 0. The van der Waals surface area contributed by atoms with E-state index >= 15 is 0 Å². The van der Waals surface area contributed by atoms with Crippen molar-refractivity contribution in [3.63, 3.8) is 0 Å². The summed E-state index contributed by atoms with van der Waals surface area (Å²) in [4.78, 5) is 15.0. The number of morpholine rings is 1. The Hall–Kier alpha value is -2.43. The first-order chi connectivity index (χ1) is 14.5. The molecule has 0 N–H and O–H groups in total. The second-order valence-electron chi connectivity index (χ2n) is 7.35. The lowest BCUT2D eigenvalue weighted by atomic mass is 10.1. The van der Waals surface area contributed by atoms with Gasteiger partial charge in [-0.15, -0.1) is 0 Å². The molecular formula is C20H26N4O5S. The number of para-hydroxylation sites is 1. The van der Waals surface area contributed by atoms with Gasteiger partial charge in [0.1, 0.15) is 22.8 Å². The van der Waals surface area contributed by atoms with Crippen LogP contribution in [0.1, 0.15) is 13.3 Å². The number of sulfonamides is 1. The predicted molar refractivity (Wildman–Crippen MR) is 108 cm³/mol. The van der Waals surface area contributed by atoms with Gasteiger partial charge in [-0.3, -0.25) is 9.48 Å². The van der Waals surface area contributed by atoms with Crippen LogP contribution in [0.3, 0.4) is 0 Å². The number of ether oxygens (including phenoxy) is 2. The number of nitrogens with zero attached hydrogens (tertiary/aromatic N) is 4. The van der Waals surface area contributed by atoms with E-state index in [0.717, 1.165) is 0 Å². The van der Waals surface area contributed by atoms with Gasteiger partial charge in [0.15, 0.2) is 0 Å². The summed E-state index contributed by atoms with van der Waals surface area (Å²) < 4.78 is 40.9. The smallest absolute Gasteiger partial charge is 0.247 e. The second-order valence-corrected chi connectivity index (χ2v) is 9.24. The maximum atomic E-state index is 13.4. The average molecular weight is 435 g/mol. The Bertz CT molecular complexity index is 972. The van der Waals surface area contributed by atoms with Crippen LogP contribution >= 0.6 is 0 Å². The molecule has 1 aromatic heterocycles. The number of benzene rings is 1. The summed E-state index contributed by atoms with van der Waals surface area (Å²) in [5, 5.41) is 4.09. The van der Waals surface area contributed by atoms with Crippen molar-refractivity contribution < 1.29 is 22.7 Å². The lowest BCUT2D eigenvalue weighted by molar-refractivity contribution is -0.138. The number of aromatic nitrogens is 2. The Labute approximate surface area is 176 Å². The zero-order valence-corrected chi connectivity index (χ0v) is 17.7. The molecular weight excluding hydrogens is 408 g/mol. The van der Waals surface area contributed by atoms with Crippen LogP contribution in [0.25, 0.3) is 0 Å². The molecule has 30 heavy (non-hydrogen) atoms. The van der Waals surface area contributed by atoms with Crippen LogP contribution in [0.2, 0.25) is 0 Å². The standard InChI is InChI=1S/C20H26N4O5S/c1-2-23-15-18(13-21-23)30(26,27)24-14-17(29-16-6-4-3-5-7-16)12-19(24)20(25)22-8-10-28-11-9-22/h3-7,13,15,17,19H,2,8-12,14H2,1H3. The zero-order chi connectivity index (χ0) is 21.1. The molecule has 1 amide bonds. The maximum absolute atomic E-state index is 13.4. The summed E-state index contributed by atoms with van der Waals surface area (Å²) in [7, 11) is -3.89. The minimum absolute atomic E-state index is 0.0875. The first-order valence-electron chi connectivity index (χ1n) is 10.1. The van der Waals surface area contributed by atoms with Gasteiger partial charge in [0, 0.05) is 32.3 Å². The molecule has 3 heterocycles. The molecule has 4 rings (SSSR count). The maximum Gasteiger partial charge on any atom is 0.247 e. The molecule has 2 saturated heterocycles. The number of rotatable bonds is 6. The van der Waals surface area contributed by atoms with E-state index in [1.807, 2.05) is 37.3 Å². The topological polar surface area (TPSA) is 94.0 Å². The van der Waals surface area contributed by atoms with Gasteiger partial charge >= 0.3 is 0 Å². The Morgan fingerprint density at radius 2 is 1.97 bits per heavy atom. The molecule has 0 radical (unpaired) electrons. The Kier molecular flexibility index (Phi) is 6.07. The highest BCUT2D eigenvalue weighted by molar-refractivity contribution is 7.89. The molecule has 2 aliphatic rings. The Morgan fingerprint density at radius 1 is 1.23 bits per heavy atom. The number of hydrogen-bond donors (Lipinski definition) is 0. The molecule has 2 atom stereocenters. The van der Waals surface area contributed by atoms with Gasteiger partial charge in [0.25, 0.3) is 0 Å². The van der Waals surface area contributed by atoms with Crippen LogP contribution in [0.4, 0.5) is 0 Å². The molecule has 0 bridgehead atoms. The fourth-order valence-corrected chi connectivity index (χ4v) is 5.40. The first-order valence-corrected chi connectivity index (χ1v) is 11.6. The van der Waals surface area contributed by atoms with E-state index in [2.05, 4.69) is 5.10 Å². The third-order valence-corrected chi connectivity index (χ3v) is 7.24. The molecule has 10 heteroatoms. The molecule has 9 nitrogen and oxygen atoms in total. The molecule has 162 valence electrons. The van der Waals surface area contributed by atoms with Crippen LogP contribution < -0.4 is 4.74 Å². The number of carbonyl (C=O) groups excluding carboxylic acids is 1. The van der Waals surface area contributed by atoms with Crippen molar-refractivity contribution in [3.05, 3.63) is 42.7 Å². The zero-order valence-electron chi connectivity index (χ0n) is 16.9. The van der Waals surface area contributed by atoms with Gasteiger partial charge in [0.2, 0.25) is 15.9 Å². The highest BCUT2D eigenvalue weighted by atomic mass is 32.2. The minimum Gasteiger partial charge on any atom is -0.489 e. The van der Waals surface area contributed by atoms with Crippen molar-refractivity contribution in [1.29, 1.82) is 0 Å². The summed E-state index contributed by atoms with van der Waals surface area (Å²) in [6.45, 7) is 4.38. The molecule has 2 aromatic rings. The molecule has 0 spiro atoms. The Morgan fingerprint density at radius 3 is 2.63 bits per heavy atom. The normalized spacial score (nSPS) is 22.9. The van der Waals surface area contributed by atoms with E-state index in [1.54, 1.807) is 9.58 Å². The van der Waals surface area contributed by atoms with Gasteiger partial charge in [0.05, 0.1) is 26.0 Å². The third-order valence-electron chi connectivity index (χ3n) is 5.41. The van der Waals surface area contributed by atoms with Crippen LogP contribution in [-0.2, 0) is 26.1 Å². The van der Waals surface area contributed by atoms with E-state index in [4.69, 9.17) is 9.47 Å². The van der Waals surface area contributed by atoms with Gasteiger partial charge in [-0.1, -0.05) is 18.2 Å². The second kappa shape index (κ2) is 8.75. The first kappa shape index (κ1) is 20.8. The van der Waals surface area contributed by atoms with Gasteiger partial charge in [-0.25, -0.2) is 8.42 Å². The quantitative estimate of drug-likeness (QED) is 0.673. The summed E-state index contributed by atoms with van der Waals surface area (Å²) in [5.41, 5.74) is 0. The number of hydrogen-bond acceptors (Lipinski definition) is 6. The van der Waals surface area contributed by atoms with Crippen LogP contribution in [0.5, 0.6) is 5.75 Å². The SMILES string of the molecule is CCn1cc(S(=O)(=O)N2CC(Oc3ccccc3)CC2C(=O)N2CCOCC2)cn1. The summed E-state index contributed by atoms with van der Waals surface area (Å²) in [6, 6.07) is 8.42. The average Bonchev–Trinajstić information content (AvgIpc) is 3.43. The predicted octanol–water partition coefficient (Wildman–Crippen LogP) is 0.972. The lowest BCUT2D eigenvalue weighted by Gasteiger charge is -2.31. The van der Waals surface area contributed by atoms with Crippen molar-refractivity contribution in [2.45, 2.75) is 36.9 Å². The van der Waals surface area contributed by atoms with Crippen molar-refractivity contribution >= 4 is 15.9 Å². The molecule has 2 unspecified atom stereocenters. The molecule has 1 aromatic carbocycles. The van der Waals surface area contributed by atoms with E-state index in [-0.39, 0.29) is 17.3 Å². The van der Waals surface area contributed by atoms with E-state index in [1.165, 1.54) is 16.7 Å². The van der Waals surface area contributed by atoms with E-state index in [9.17, 15) is 13.2 Å². The van der Waals surface area contributed by atoms with Crippen LogP contribution in [0.15, 0.2) is 47.6 Å². The molecule has 0 aliphatic carbocycles. The largest absolute Gasteiger partial charge is 0.489 e. The van der Waals surface area contributed by atoms with E-state index < -0.39 is 22.2 Å². The van der Waals surface area contributed by atoms with Gasteiger partial charge in [-0.05, 0) is 19.1 Å². The minimum atomic E-state index is -3.89. The monoisotopic (exact) mass is 434 g/mol. The highest BCUT2D eigenvalue weighted by Gasteiger charge is 2.46. The van der Waals surface area contributed by atoms with Crippen molar-refractivity contribution in [2.24, 2.45) is 0 Å². The molecule has 2 aliphatic heterocycles. The number of amides is 1. The number of aryl methyl sites for hydroxylation is 1. The third kappa shape index (κ3) is 4.21. The van der Waals surface area contributed by atoms with Gasteiger partial charge in [-0.2, -0.15) is 9.40 Å². The Balaban J connectivity index is 1.60. The number of carbonyl (C=O) groups is 1. The van der Waals surface area contributed by atoms with Crippen LogP contribution in [0, 0.1) is 0 Å². The van der Waals surface area contributed by atoms with Gasteiger partial charge < -0.3 is 14.4 Å². The van der Waals surface area contributed by atoms with Crippen molar-refractivity contribution in [1.82, 2.24) is 19.0 Å². The highest BCUT2D eigenvalue weighted by Crippen LogP contribution is 2.30.